The maximum absolute atomic E-state index is 11.4. The zero-order valence-electron chi connectivity index (χ0n) is 7.96. The van der Waals surface area contributed by atoms with Crippen LogP contribution in [0.2, 0.25) is 0 Å². The third-order valence-corrected chi connectivity index (χ3v) is 1.58. The van der Waals surface area contributed by atoms with Gasteiger partial charge >= 0.3 is 5.69 Å². The number of H-pyrrole nitrogens is 2. The van der Waals surface area contributed by atoms with Gasteiger partial charge in [0, 0.05) is 6.20 Å². The molecule has 1 aromatic heterocycles. The molecular formula is C8H11N3O3. The first-order valence-corrected chi connectivity index (χ1v) is 4.00. The SMILES string of the molecule is CN(C)CC(=O)c1c[nH]c(=O)[nH]c1=O. The molecule has 1 aromatic rings. The monoisotopic (exact) mass is 197 g/mol. The summed E-state index contributed by atoms with van der Waals surface area (Å²) in [5, 5.41) is 0. The van der Waals surface area contributed by atoms with Crippen LogP contribution >= 0.6 is 0 Å². The van der Waals surface area contributed by atoms with Crippen molar-refractivity contribution in [3.8, 4) is 0 Å². The van der Waals surface area contributed by atoms with Crippen LogP contribution in [0, 0.1) is 0 Å². The molecule has 1 heterocycles. The highest BCUT2D eigenvalue weighted by molar-refractivity contribution is 5.96. The molecule has 0 spiro atoms. The van der Waals surface area contributed by atoms with E-state index in [0.29, 0.717) is 0 Å². The second-order valence-corrected chi connectivity index (χ2v) is 3.15. The van der Waals surface area contributed by atoms with Crippen molar-refractivity contribution >= 4 is 5.78 Å². The Balaban J connectivity index is 3.03. The quantitative estimate of drug-likeness (QED) is 0.596. The van der Waals surface area contributed by atoms with Crippen LogP contribution in [0.25, 0.3) is 0 Å². The summed E-state index contributed by atoms with van der Waals surface area (Å²) in [4.78, 5) is 39.1. The lowest BCUT2D eigenvalue weighted by Gasteiger charge is -2.06. The van der Waals surface area contributed by atoms with Crippen LogP contribution in [0.4, 0.5) is 0 Å². The molecule has 0 saturated carbocycles. The molecule has 0 atom stereocenters. The normalized spacial score (nSPS) is 10.5. The van der Waals surface area contributed by atoms with Crippen molar-refractivity contribution in [2.45, 2.75) is 0 Å². The first-order chi connectivity index (χ1) is 6.50. The van der Waals surface area contributed by atoms with Gasteiger partial charge in [0.1, 0.15) is 5.56 Å². The highest BCUT2D eigenvalue weighted by Gasteiger charge is 2.11. The molecule has 0 saturated heterocycles. The van der Waals surface area contributed by atoms with Gasteiger partial charge in [-0.2, -0.15) is 0 Å². The van der Waals surface area contributed by atoms with Crippen LogP contribution in [0.1, 0.15) is 10.4 Å². The van der Waals surface area contributed by atoms with Crippen LogP contribution in [0.3, 0.4) is 0 Å². The second-order valence-electron chi connectivity index (χ2n) is 3.15. The number of aromatic nitrogens is 2. The lowest BCUT2D eigenvalue weighted by molar-refractivity contribution is 0.0956. The standard InChI is InChI=1S/C8H11N3O3/c1-11(2)4-6(12)5-3-9-8(14)10-7(5)13/h3H,4H2,1-2H3,(H2,9,10,13,14). The molecule has 0 aromatic carbocycles. The third kappa shape index (κ3) is 2.40. The summed E-state index contributed by atoms with van der Waals surface area (Å²) in [6.07, 6.45) is 1.13. The summed E-state index contributed by atoms with van der Waals surface area (Å²) in [7, 11) is 3.44. The van der Waals surface area contributed by atoms with Gasteiger partial charge in [-0.05, 0) is 14.1 Å². The Morgan fingerprint density at radius 3 is 2.57 bits per heavy atom. The zero-order chi connectivity index (χ0) is 10.7. The second kappa shape index (κ2) is 4.01. The molecule has 1 rings (SSSR count). The predicted molar refractivity (Wildman–Crippen MR) is 50.6 cm³/mol. The number of Topliss-reactive ketones (excluding diaryl/α,β-unsaturated/α-hetero) is 1. The minimum atomic E-state index is -0.652. The van der Waals surface area contributed by atoms with E-state index in [1.54, 1.807) is 19.0 Å². The van der Waals surface area contributed by atoms with Crippen molar-refractivity contribution in [1.82, 2.24) is 14.9 Å². The van der Waals surface area contributed by atoms with Crippen molar-refractivity contribution in [1.29, 1.82) is 0 Å². The van der Waals surface area contributed by atoms with Gasteiger partial charge < -0.3 is 9.88 Å². The van der Waals surface area contributed by atoms with Gasteiger partial charge in [0.15, 0.2) is 5.78 Å². The van der Waals surface area contributed by atoms with Crippen molar-refractivity contribution in [2.24, 2.45) is 0 Å². The van der Waals surface area contributed by atoms with Crippen molar-refractivity contribution in [2.75, 3.05) is 20.6 Å². The van der Waals surface area contributed by atoms with Crippen molar-refractivity contribution in [3.63, 3.8) is 0 Å². The van der Waals surface area contributed by atoms with Crippen LogP contribution < -0.4 is 11.2 Å². The number of carbonyl (C=O) groups excluding carboxylic acids is 1. The fourth-order valence-corrected chi connectivity index (χ4v) is 0.989. The van der Waals surface area contributed by atoms with E-state index in [4.69, 9.17) is 0 Å². The molecule has 0 radical (unpaired) electrons. The van der Waals surface area contributed by atoms with Gasteiger partial charge in [-0.1, -0.05) is 0 Å². The fourth-order valence-electron chi connectivity index (χ4n) is 0.989. The number of nitrogens with one attached hydrogen (secondary N) is 2. The topological polar surface area (TPSA) is 86.0 Å². The minimum absolute atomic E-state index is 0.0294. The number of rotatable bonds is 3. The number of likely N-dealkylation sites (N-methyl/N-ethyl adjacent to an activating group) is 1. The smallest absolute Gasteiger partial charge is 0.313 e. The van der Waals surface area contributed by atoms with E-state index >= 15 is 0 Å². The van der Waals surface area contributed by atoms with Gasteiger partial charge in [-0.25, -0.2) is 4.79 Å². The number of hydrogen-bond donors (Lipinski definition) is 2. The average Bonchev–Trinajstić information content (AvgIpc) is 2.01. The summed E-state index contributed by atoms with van der Waals surface area (Å²) in [5.41, 5.74) is -1.30. The first kappa shape index (κ1) is 10.4. The number of ketones is 1. The molecule has 0 unspecified atom stereocenters. The summed E-state index contributed by atoms with van der Waals surface area (Å²) in [5.74, 6) is -0.326. The van der Waals surface area contributed by atoms with Crippen LogP contribution in [0.15, 0.2) is 15.8 Å². The number of carbonyl (C=O) groups is 1. The summed E-state index contributed by atoms with van der Waals surface area (Å²) >= 11 is 0. The summed E-state index contributed by atoms with van der Waals surface area (Å²) in [6, 6.07) is 0. The molecule has 76 valence electrons. The van der Waals surface area contributed by atoms with Gasteiger partial charge in [-0.3, -0.25) is 14.6 Å². The van der Waals surface area contributed by atoms with E-state index in [0.717, 1.165) is 6.20 Å². The first-order valence-electron chi connectivity index (χ1n) is 4.00. The molecule has 0 aliphatic rings. The van der Waals surface area contributed by atoms with E-state index in [9.17, 15) is 14.4 Å². The van der Waals surface area contributed by atoms with Crippen molar-refractivity contribution in [3.05, 3.63) is 32.6 Å². The number of aromatic amines is 2. The van der Waals surface area contributed by atoms with Crippen molar-refractivity contribution < 1.29 is 4.79 Å². The van der Waals surface area contributed by atoms with Gasteiger partial charge in [0.05, 0.1) is 6.54 Å². The maximum atomic E-state index is 11.4. The molecule has 2 N–H and O–H groups in total. The molecule has 14 heavy (non-hydrogen) atoms. The molecule has 6 heteroatoms. The Morgan fingerprint density at radius 2 is 2.07 bits per heavy atom. The molecule has 0 fully saturated rings. The molecule has 6 nitrogen and oxygen atoms in total. The zero-order valence-corrected chi connectivity index (χ0v) is 7.96. The van der Waals surface area contributed by atoms with Gasteiger partial charge in [0.25, 0.3) is 5.56 Å². The number of hydrogen-bond acceptors (Lipinski definition) is 4. The Bertz CT molecular complexity index is 444. The highest BCUT2D eigenvalue weighted by Crippen LogP contribution is 1.89. The third-order valence-electron chi connectivity index (χ3n) is 1.58. The summed E-state index contributed by atoms with van der Waals surface area (Å²) < 4.78 is 0. The number of nitrogens with zero attached hydrogens (tertiary/aromatic N) is 1. The minimum Gasteiger partial charge on any atom is -0.313 e. The molecular weight excluding hydrogens is 186 g/mol. The Hall–Kier alpha value is -1.69. The van der Waals surface area contributed by atoms with E-state index in [2.05, 4.69) is 4.98 Å². The van der Waals surface area contributed by atoms with E-state index in [1.807, 2.05) is 4.98 Å². The Labute approximate surface area is 79.6 Å². The van der Waals surface area contributed by atoms with Gasteiger partial charge in [-0.15, -0.1) is 0 Å². The highest BCUT2D eigenvalue weighted by atomic mass is 16.2. The Kier molecular flexibility index (Phi) is 2.98. The lowest BCUT2D eigenvalue weighted by atomic mass is 10.2. The van der Waals surface area contributed by atoms with Crippen LogP contribution in [-0.4, -0.2) is 41.3 Å². The largest absolute Gasteiger partial charge is 0.325 e. The predicted octanol–water partition coefficient (Wildman–Crippen LogP) is -1.19. The molecule has 0 aliphatic carbocycles. The summed E-state index contributed by atoms with van der Waals surface area (Å²) in [6.45, 7) is 0.134. The Morgan fingerprint density at radius 1 is 1.43 bits per heavy atom. The molecule has 0 bridgehead atoms. The average molecular weight is 197 g/mol. The van der Waals surface area contributed by atoms with Gasteiger partial charge in [0.2, 0.25) is 0 Å². The molecule has 0 aliphatic heterocycles. The van der Waals surface area contributed by atoms with Crippen LogP contribution in [0.5, 0.6) is 0 Å². The fraction of sp³-hybridized carbons (Fsp3) is 0.375. The van der Waals surface area contributed by atoms with E-state index in [1.165, 1.54) is 0 Å². The maximum Gasteiger partial charge on any atom is 0.325 e. The van der Waals surface area contributed by atoms with E-state index in [-0.39, 0.29) is 17.9 Å². The van der Waals surface area contributed by atoms with Crippen LogP contribution in [-0.2, 0) is 0 Å². The van der Waals surface area contributed by atoms with E-state index < -0.39 is 11.2 Å². The molecule has 0 amide bonds. The lowest BCUT2D eigenvalue weighted by Crippen LogP contribution is -2.31.